The molecule has 0 atom stereocenters. The fourth-order valence-electron chi connectivity index (χ4n) is 1.07. The van der Waals surface area contributed by atoms with Crippen molar-refractivity contribution in [1.29, 1.82) is 0 Å². The van der Waals surface area contributed by atoms with Crippen molar-refractivity contribution in [2.75, 3.05) is 17.6 Å². The molecule has 0 fully saturated rings. The van der Waals surface area contributed by atoms with E-state index in [0.717, 1.165) is 10.6 Å². The Kier molecular flexibility index (Phi) is 3.16. The van der Waals surface area contributed by atoms with Gasteiger partial charge in [-0.3, -0.25) is 4.31 Å². The van der Waals surface area contributed by atoms with Crippen LogP contribution in [0, 0.1) is 6.92 Å². The minimum atomic E-state index is -3.37. The van der Waals surface area contributed by atoms with Crippen molar-refractivity contribution in [3.8, 4) is 5.75 Å². The number of phenolic OH excluding ortho intramolecular Hbond substituents is 1. The first-order valence-corrected chi connectivity index (χ1v) is 6.39. The Bertz CT molecular complexity index is 484. The smallest absolute Gasteiger partial charge is 0.232 e. The van der Waals surface area contributed by atoms with Crippen LogP contribution in [0.1, 0.15) is 5.56 Å². The molecule has 0 saturated carbocycles. The monoisotopic (exact) mass is 249 g/mol. The quantitative estimate of drug-likeness (QED) is 0.869. The number of halogens is 1. The van der Waals surface area contributed by atoms with Gasteiger partial charge in [0.25, 0.3) is 0 Å². The van der Waals surface area contributed by atoms with E-state index in [4.69, 9.17) is 11.6 Å². The molecular weight excluding hydrogens is 238 g/mol. The first-order valence-electron chi connectivity index (χ1n) is 4.16. The predicted molar refractivity (Wildman–Crippen MR) is 61.1 cm³/mol. The zero-order valence-corrected chi connectivity index (χ0v) is 10.2. The number of anilines is 1. The fourth-order valence-corrected chi connectivity index (χ4v) is 1.97. The Balaban J connectivity index is 3.33. The van der Waals surface area contributed by atoms with Crippen LogP contribution in [0.3, 0.4) is 0 Å². The van der Waals surface area contributed by atoms with E-state index in [1.54, 1.807) is 6.92 Å². The van der Waals surface area contributed by atoms with Crippen molar-refractivity contribution in [3.63, 3.8) is 0 Å². The lowest BCUT2D eigenvalue weighted by molar-refractivity contribution is 0.471. The first kappa shape index (κ1) is 12.1. The van der Waals surface area contributed by atoms with E-state index in [1.807, 2.05) is 0 Å². The number of hydrogen-bond acceptors (Lipinski definition) is 3. The molecule has 0 heterocycles. The molecule has 0 aliphatic carbocycles. The molecule has 0 unspecified atom stereocenters. The largest absolute Gasteiger partial charge is 0.508 e. The normalized spacial score (nSPS) is 11.5. The van der Waals surface area contributed by atoms with Crippen molar-refractivity contribution in [2.24, 2.45) is 0 Å². The van der Waals surface area contributed by atoms with Gasteiger partial charge in [0.2, 0.25) is 10.0 Å². The van der Waals surface area contributed by atoms with Gasteiger partial charge in [0.15, 0.2) is 0 Å². The molecule has 0 bridgehead atoms. The average Bonchev–Trinajstić information content (AvgIpc) is 2.08. The fraction of sp³-hybridized carbons (Fsp3) is 0.333. The molecule has 0 aromatic heterocycles. The third-order valence-corrected chi connectivity index (χ3v) is 3.60. The van der Waals surface area contributed by atoms with E-state index in [2.05, 4.69) is 0 Å². The van der Waals surface area contributed by atoms with Gasteiger partial charge < -0.3 is 5.11 Å². The first-order chi connectivity index (χ1) is 6.73. The number of sulfonamides is 1. The maximum Gasteiger partial charge on any atom is 0.232 e. The van der Waals surface area contributed by atoms with Crippen LogP contribution in [0.4, 0.5) is 5.69 Å². The summed E-state index contributed by atoms with van der Waals surface area (Å²) in [4.78, 5) is 0. The van der Waals surface area contributed by atoms with Crippen LogP contribution in [0.25, 0.3) is 0 Å². The summed E-state index contributed by atoms with van der Waals surface area (Å²) in [6, 6.07) is 2.85. The highest BCUT2D eigenvalue weighted by atomic mass is 35.5. The van der Waals surface area contributed by atoms with Crippen LogP contribution in [0.2, 0.25) is 5.02 Å². The molecule has 0 saturated heterocycles. The van der Waals surface area contributed by atoms with Crippen LogP contribution in [0.15, 0.2) is 12.1 Å². The third-order valence-electron chi connectivity index (χ3n) is 2.10. The summed E-state index contributed by atoms with van der Waals surface area (Å²) < 4.78 is 23.6. The van der Waals surface area contributed by atoms with Crippen LogP contribution in [-0.4, -0.2) is 26.8 Å². The van der Waals surface area contributed by atoms with Crippen molar-refractivity contribution >= 4 is 27.3 Å². The van der Waals surface area contributed by atoms with E-state index >= 15 is 0 Å². The van der Waals surface area contributed by atoms with Crippen LogP contribution < -0.4 is 4.31 Å². The maximum atomic E-state index is 11.3. The van der Waals surface area contributed by atoms with Crippen molar-refractivity contribution in [1.82, 2.24) is 0 Å². The summed E-state index contributed by atoms with van der Waals surface area (Å²) in [7, 11) is -1.99. The second kappa shape index (κ2) is 3.90. The van der Waals surface area contributed by atoms with Crippen LogP contribution >= 0.6 is 11.6 Å². The van der Waals surface area contributed by atoms with Gasteiger partial charge in [0.05, 0.1) is 17.0 Å². The lowest BCUT2D eigenvalue weighted by Crippen LogP contribution is -2.25. The molecule has 6 heteroatoms. The number of rotatable bonds is 2. The van der Waals surface area contributed by atoms with Gasteiger partial charge in [0.1, 0.15) is 5.75 Å². The SMILES string of the molecule is Cc1cc(Cl)c(N(C)S(C)(=O)=O)cc1O. The number of benzene rings is 1. The van der Waals surface area contributed by atoms with Gasteiger partial charge in [-0.25, -0.2) is 8.42 Å². The summed E-state index contributed by atoms with van der Waals surface area (Å²) >= 11 is 5.89. The van der Waals surface area contributed by atoms with Gasteiger partial charge in [-0.15, -0.1) is 0 Å². The molecular formula is C9H12ClNO3S. The van der Waals surface area contributed by atoms with Crippen molar-refractivity contribution in [3.05, 3.63) is 22.7 Å². The summed E-state index contributed by atoms with van der Waals surface area (Å²) in [6.45, 7) is 1.69. The van der Waals surface area contributed by atoms with Gasteiger partial charge in [-0.1, -0.05) is 11.6 Å². The molecule has 4 nitrogen and oxygen atoms in total. The lowest BCUT2D eigenvalue weighted by atomic mass is 10.2. The topological polar surface area (TPSA) is 57.6 Å². The molecule has 0 radical (unpaired) electrons. The zero-order valence-electron chi connectivity index (χ0n) is 8.65. The maximum absolute atomic E-state index is 11.3. The molecule has 0 amide bonds. The van der Waals surface area contributed by atoms with Crippen molar-refractivity contribution in [2.45, 2.75) is 6.92 Å². The Morgan fingerprint density at radius 3 is 2.40 bits per heavy atom. The molecule has 1 rings (SSSR count). The van der Waals surface area contributed by atoms with Gasteiger partial charge in [-0.2, -0.15) is 0 Å². The van der Waals surface area contributed by atoms with E-state index in [0.29, 0.717) is 10.6 Å². The van der Waals surface area contributed by atoms with E-state index < -0.39 is 10.0 Å². The highest BCUT2D eigenvalue weighted by molar-refractivity contribution is 7.92. The van der Waals surface area contributed by atoms with Gasteiger partial charge in [0, 0.05) is 13.1 Å². The standard InChI is InChI=1S/C9H12ClNO3S/c1-6-4-7(10)8(5-9(6)12)11(2)15(3,13)14/h4-5,12H,1-3H3. The number of phenols is 1. The van der Waals surface area contributed by atoms with E-state index in [-0.39, 0.29) is 11.4 Å². The van der Waals surface area contributed by atoms with Crippen molar-refractivity contribution < 1.29 is 13.5 Å². The summed E-state index contributed by atoms with van der Waals surface area (Å²) in [5.41, 5.74) is 0.868. The van der Waals surface area contributed by atoms with E-state index in [1.165, 1.54) is 19.2 Å². The Morgan fingerprint density at radius 2 is 1.93 bits per heavy atom. The summed E-state index contributed by atoms with van der Waals surface area (Å²) in [6.07, 6.45) is 1.07. The number of aryl methyl sites for hydroxylation is 1. The average molecular weight is 250 g/mol. The minimum absolute atomic E-state index is 0.0184. The number of aromatic hydroxyl groups is 1. The summed E-state index contributed by atoms with van der Waals surface area (Å²) in [5, 5.41) is 9.75. The molecule has 1 N–H and O–H groups in total. The highest BCUT2D eigenvalue weighted by Crippen LogP contribution is 2.32. The number of hydrogen-bond donors (Lipinski definition) is 1. The van der Waals surface area contributed by atoms with Crippen LogP contribution in [0.5, 0.6) is 5.75 Å². The highest BCUT2D eigenvalue weighted by Gasteiger charge is 2.16. The zero-order chi connectivity index (χ0) is 11.8. The Hall–Kier alpha value is -0.940. The molecule has 15 heavy (non-hydrogen) atoms. The molecule has 84 valence electrons. The third kappa shape index (κ3) is 2.54. The molecule has 0 aliphatic rings. The Morgan fingerprint density at radius 1 is 1.40 bits per heavy atom. The second-order valence-electron chi connectivity index (χ2n) is 3.32. The summed E-state index contributed by atoms with van der Waals surface area (Å²) in [5.74, 6) is 0.0184. The second-order valence-corrected chi connectivity index (χ2v) is 5.74. The van der Waals surface area contributed by atoms with Gasteiger partial charge in [-0.05, 0) is 18.6 Å². The number of nitrogens with zero attached hydrogens (tertiary/aromatic N) is 1. The Labute approximate surface area is 94.1 Å². The lowest BCUT2D eigenvalue weighted by Gasteiger charge is -2.18. The molecule has 1 aromatic carbocycles. The predicted octanol–water partition coefficient (Wildman–Crippen LogP) is 1.75. The molecule has 1 aromatic rings. The van der Waals surface area contributed by atoms with E-state index in [9.17, 15) is 13.5 Å². The van der Waals surface area contributed by atoms with Gasteiger partial charge >= 0.3 is 0 Å². The molecule has 0 spiro atoms. The minimum Gasteiger partial charge on any atom is -0.508 e. The van der Waals surface area contributed by atoms with Crippen LogP contribution in [-0.2, 0) is 10.0 Å². The molecule has 0 aliphatic heterocycles.